The van der Waals surface area contributed by atoms with Crippen LogP contribution in [0.15, 0.2) is 18.3 Å². The van der Waals surface area contributed by atoms with Gasteiger partial charge in [0.15, 0.2) is 0 Å². The van der Waals surface area contributed by atoms with E-state index in [1.54, 1.807) is 6.20 Å². The average molecular weight is 358 g/mol. The fourth-order valence-electron chi connectivity index (χ4n) is 4.52. The van der Waals surface area contributed by atoms with Crippen LogP contribution in [0.1, 0.15) is 43.0 Å². The van der Waals surface area contributed by atoms with Crippen molar-refractivity contribution in [2.45, 2.75) is 44.7 Å². The summed E-state index contributed by atoms with van der Waals surface area (Å²) in [5.41, 5.74) is 0.713. The molecule has 26 heavy (non-hydrogen) atoms. The number of aromatic nitrogens is 1. The molecule has 4 heterocycles. The van der Waals surface area contributed by atoms with Crippen LogP contribution < -0.4 is 4.90 Å². The van der Waals surface area contributed by atoms with Crippen molar-refractivity contribution in [2.24, 2.45) is 0 Å². The molecule has 3 fully saturated rings. The first-order valence-corrected chi connectivity index (χ1v) is 10.1. The van der Waals surface area contributed by atoms with Gasteiger partial charge in [-0.1, -0.05) is 0 Å². The second-order valence-corrected chi connectivity index (χ2v) is 7.76. The molecule has 6 nitrogen and oxygen atoms in total. The highest BCUT2D eigenvalue weighted by molar-refractivity contribution is 5.94. The Morgan fingerprint density at radius 1 is 1.08 bits per heavy atom. The number of carbonyl (C=O) groups excluding carboxylic acids is 1. The number of anilines is 1. The Hall–Kier alpha value is -1.66. The first kappa shape index (κ1) is 17.7. The highest BCUT2D eigenvalue weighted by Crippen LogP contribution is 2.24. The number of hydrogen-bond acceptors (Lipinski definition) is 5. The molecule has 1 aromatic rings. The molecule has 0 radical (unpaired) electrons. The van der Waals surface area contributed by atoms with Gasteiger partial charge in [0.1, 0.15) is 5.82 Å². The summed E-state index contributed by atoms with van der Waals surface area (Å²) in [4.78, 5) is 24.2. The highest BCUT2D eigenvalue weighted by Gasteiger charge is 2.28. The molecule has 1 aromatic heterocycles. The number of ether oxygens (including phenoxy) is 1. The molecular weight excluding hydrogens is 328 g/mol. The third-order valence-electron chi connectivity index (χ3n) is 6.16. The van der Waals surface area contributed by atoms with Gasteiger partial charge in [-0.05, 0) is 44.7 Å². The normalized spacial score (nSPS) is 25.7. The van der Waals surface area contributed by atoms with Crippen molar-refractivity contribution in [1.82, 2.24) is 14.8 Å². The molecule has 0 N–H and O–H groups in total. The van der Waals surface area contributed by atoms with Crippen LogP contribution in [0.5, 0.6) is 0 Å². The molecular formula is C20H30N4O2. The van der Waals surface area contributed by atoms with Crippen molar-refractivity contribution in [3.05, 3.63) is 23.9 Å². The molecule has 3 saturated heterocycles. The summed E-state index contributed by atoms with van der Waals surface area (Å²) >= 11 is 0. The number of likely N-dealkylation sites (tertiary alicyclic amines) is 1. The summed E-state index contributed by atoms with van der Waals surface area (Å²) in [5.74, 6) is 1.12. The summed E-state index contributed by atoms with van der Waals surface area (Å²) in [6, 6.07) is 5.10. The van der Waals surface area contributed by atoms with E-state index < -0.39 is 0 Å². The lowest BCUT2D eigenvalue weighted by Crippen LogP contribution is -2.50. The third-order valence-corrected chi connectivity index (χ3v) is 6.16. The summed E-state index contributed by atoms with van der Waals surface area (Å²) in [6.45, 7) is 8.72. The van der Waals surface area contributed by atoms with Crippen LogP contribution >= 0.6 is 0 Å². The van der Waals surface area contributed by atoms with Crippen LogP contribution in [0.4, 0.5) is 5.82 Å². The van der Waals surface area contributed by atoms with Gasteiger partial charge in [-0.25, -0.2) is 4.98 Å². The smallest absolute Gasteiger partial charge is 0.255 e. The van der Waals surface area contributed by atoms with E-state index in [4.69, 9.17) is 4.74 Å². The Morgan fingerprint density at radius 3 is 2.46 bits per heavy atom. The van der Waals surface area contributed by atoms with E-state index >= 15 is 0 Å². The average Bonchev–Trinajstić information content (AvgIpc) is 3.14. The fraction of sp³-hybridized carbons (Fsp3) is 0.700. The molecule has 3 aliphatic heterocycles. The molecule has 1 amide bonds. The third kappa shape index (κ3) is 3.71. The maximum atomic E-state index is 12.8. The first-order chi connectivity index (χ1) is 12.7. The number of rotatable bonds is 3. The van der Waals surface area contributed by atoms with Crippen LogP contribution in [-0.2, 0) is 4.74 Å². The largest absolute Gasteiger partial charge is 0.379 e. The van der Waals surface area contributed by atoms with E-state index in [0.717, 1.165) is 64.6 Å². The lowest BCUT2D eigenvalue weighted by atomic mass is 10.0. The van der Waals surface area contributed by atoms with Gasteiger partial charge < -0.3 is 14.5 Å². The van der Waals surface area contributed by atoms with Crippen molar-refractivity contribution in [2.75, 3.05) is 50.8 Å². The SMILES string of the molecule is CC1CCCN1c1ccc(C(=O)N2CCC(N3CCOCC3)CC2)cn1. The van der Waals surface area contributed by atoms with E-state index in [1.807, 2.05) is 17.0 Å². The van der Waals surface area contributed by atoms with Crippen molar-refractivity contribution in [3.63, 3.8) is 0 Å². The van der Waals surface area contributed by atoms with E-state index in [1.165, 1.54) is 12.8 Å². The van der Waals surface area contributed by atoms with Gasteiger partial charge in [0, 0.05) is 51.0 Å². The molecule has 6 heteroatoms. The molecule has 1 atom stereocenters. The van der Waals surface area contributed by atoms with Gasteiger partial charge in [-0.15, -0.1) is 0 Å². The second-order valence-electron chi connectivity index (χ2n) is 7.76. The Morgan fingerprint density at radius 2 is 1.85 bits per heavy atom. The van der Waals surface area contributed by atoms with Gasteiger partial charge in [-0.3, -0.25) is 9.69 Å². The van der Waals surface area contributed by atoms with E-state index in [9.17, 15) is 4.79 Å². The van der Waals surface area contributed by atoms with Gasteiger partial charge >= 0.3 is 0 Å². The van der Waals surface area contributed by atoms with Crippen LogP contribution in [-0.4, -0.2) is 78.7 Å². The Balaban J connectivity index is 1.33. The maximum Gasteiger partial charge on any atom is 0.255 e. The molecule has 0 spiro atoms. The molecule has 0 bridgehead atoms. The number of hydrogen-bond donors (Lipinski definition) is 0. The summed E-state index contributed by atoms with van der Waals surface area (Å²) in [5, 5.41) is 0. The molecule has 4 rings (SSSR count). The number of morpholine rings is 1. The minimum absolute atomic E-state index is 0.124. The predicted octanol–water partition coefficient (Wildman–Crippen LogP) is 2.01. The molecule has 1 unspecified atom stereocenters. The van der Waals surface area contributed by atoms with Crippen LogP contribution in [0, 0.1) is 0 Å². The van der Waals surface area contributed by atoms with Crippen LogP contribution in [0.3, 0.4) is 0 Å². The van der Waals surface area contributed by atoms with Crippen LogP contribution in [0.25, 0.3) is 0 Å². The zero-order valence-electron chi connectivity index (χ0n) is 15.8. The lowest BCUT2D eigenvalue weighted by molar-refractivity contribution is 0.00158. The van der Waals surface area contributed by atoms with E-state index in [2.05, 4.69) is 21.7 Å². The number of amides is 1. The number of nitrogens with zero attached hydrogens (tertiary/aromatic N) is 4. The zero-order valence-corrected chi connectivity index (χ0v) is 15.8. The number of pyridine rings is 1. The number of piperidine rings is 1. The zero-order chi connectivity index (χ0) is 17.9. The molecule has 0 aromatic carbocycles. The molecule has 142 valence electrons. The monoisotopic (exact) mass is 358 g/mol. The lowest BCUT2D eigenvalue weighted by Gasteiger charge is -2.40. The van der Waals surface area contributed by atoms with Crippen molar-refractivity contribution < 1.29 is 9.53 Å². The molecule has 3 aliphatic rings. The Kier molecular flexibility index (Phi) is 5.41. The van der Waals surface area contributed by atoms with Gasteiger partial charge in [0.2, 0.25) is 0 Å². The number of carbonyl (C=O) groups is 1. The summed E-state index contributed by atoms with van der Waals surface area (Å²) < 4.78 is 5.44. The summed E-state index contributed by atoms with van der Waals surface area (Å²) in [6.07, 6.45) is 6.32. The van der Waals surface area contributed by atoms with E-state index in [0.29, 0.717) is 17.6 Å². The van der Waals surface area contributed by atoms with Crippen molar-refractivity contribution >= 4 is 11.7 Å². The fourth-order valence-corrected chi connectivity index (χ4v) is 4.52. The summed E-state index contributed by atoms with van der Waals surface area (Å²) in [7, 11) is 0. The van der Waals surface area contributed by atoms with Gasteiger partial charge in [0.05, 0.1) is 18.8 Å². The van der Waals surface area contributed by atoms with Crippen molar-refractivity contribution in [1.29, 1.82) is 0 Å². The Labute approximate surface area is 156 Å². The predicted molar refractivity (Wildman–Crippen MR) is 102 cm³/mol. The maximum absolute atomic E-state index is 12.8. The molecule has 0 saturated carbocycles. The second kappa shape index (κ2) is 7.92. The quantitative estimate of drug-likeness (QED) is 0.827. The van der Waals surface area contributed by atoms with Gasteiger partial charge in [-0.2, -0.15) is 0 Å². The van der Waals surface area contributed by atoms with Gasteiger partial charge in [0.25, 0.3) is 5.91 Å². The highest BCUT2D eigenvalue weighted by atomic mass is 16.5. The molecule has 0 aliphatic carbocycles. The first-order valence-electron chi connectivity index (χ1n) is 10.1. The minimum atomic E-state index is 0.124. The Bertz CT molecular complexity index is 607. The van der Waals surface area contributed by atoms with E-state index in [-0.39, 0.29) is 5.91 Å². The topological polar surface area (TPSA) is 48.9 Å². The van der Waals surface area contributed by atoms with Crippen molar-refractivity contribution in [3.8, 4) is 0 Å². The van der Waals surface area contributed by atoms with Crippen LogP contribution in [0.2, 0.25) is 0 Å². The standard InChI is InChI=1S/C20H30N4O2/c1-16-3-2-8-24(16)19-5-4-17(15-21-19)20(25)23-9-6-18(7-10-23)22-11-13-26-14-12-22/h4-5,15-16,18H,2-3,6-14H2,1H3. The minimum Gasteiger partial charge on any atom is -0.379 e.